The van der Waals surface area contributed by atoms with E-state index in [9.17, 15) is 71.2 Å². The van der Waals surface area contributed by atoms with Crippen LogP contribution in [0.1, 0.15) is 56.3 Å². The molecule has 5 aromatic carbocycles. The summed E-state index contributed by atoms with van der Waals surface area (Å²) in [4.78, 5) is 13.4. The van der Waals surface area contributed by atoms with Crippen LogP contribution in [0.4, 0.5) is 0 Å². The summed E-state index contributed by atoms with van der Waals surface area (Å²) in [5.41, 5.74) is -0.995. The molecule has 7 rings (SSSR count). The van der Waals surface area contributed by atoms with E-state index in [-0.39, 0.29) is 39.3 Å². The third-order valence-electron chi connectivity index (χ3n) is 9.31. The van der Waals surface area contributed by atoms with Crippen molar-refractivity contribution < 1.29 is 85.4 Å². The smallest absolute Gasteiger partial charge is 0.338 e. The predicted octanol–water partition coefficient (Wildman–Crippen LogP) is 3.68. The Morgan fingerprint density at radius 1 is 0.574 bits per heavy atom. The lowest BCUT2D eigenvalue weighted by atomic mass is 9.77. The topological polar surface area (TPSA) is 308 Å². The van der Waals surface area contributed by atoms with E-state index in [0.717, 1.165) is 54.6 Å². The van der Waals surface area contributed by atoms with Crippen molar-refractivity contribution in [2.75, 3.05) is 0 Å². The number of carbonyl (C=O) groups excluding carboxylic acids is 1. The van der Waals surface area contributed by atoms with E-state index in [2.05, 4.69) is 0 Å². The number of esters is 1. The zero-order chi connectivity index (χ0) is 38.9. The van der Waals surface area contributed by atoms with Crippen molar-refractivity contribution in [1.82, 2.24) is 0 Å². The third kappa shape index (κ3) is 5.77. The lowest BCUT2D eigenvalue weighted by Crippen LogP contribution is -2.38. The summed E-state index contributed by atoms with van der Waals surface area (Å²) >= 11 is 0. The molecule has 2 heterocycles. The third-order valence-corrected chi connectivity index (χ3v) is 9.31. The second-order valence-electron chi connectivity index (χ2n) is 12.7. The van der Waals surface area contributed by atoms with Gasteiger partial charge in [-0.3, -0.25) is 0 Å². The highest BCUT2D eigenvalue weighted by Gasteiger charge is 2.47. The molecule has 0 fully saturated rings. The Kier molecular flexibility index (Phi) is 8.29. The SMILES string of the molecule is O=C(O[C@@H]1Cc2c(O)cc(O)c([C@@H]3c4c(O)cc(O)cc4O[C@H](c4cc(O)c(O)c(O)c4)[C@@H]3O)c2O[C@H]1c1ccc(O)c(O)c1)c1cc(O)c(O)c(O)c1. The number of hydrogen-bond acceptors (Lipinski definition) is 17. The van der Waals surface area contributed by atoms with Gasteiger partial charge in [-0.1, -0.05) is 6.07 Å². The second-order valence-corrected chi connectivity index (χ2v) is 12.7. The average Bonchev–Trinajstić information content (AvgIpc) is 3.10. The minimum absolute atomic E-state index is 0.0764. The normalized spacial score (nSPS) is 20.2. The first kappa shape index (κ1) is 35.1. The van der Waals surface area contributed by atoms with Gasteiger partial charge in [-0.15, -0.1) is 0 Å². The van der Waals surface area contributed by atoms with Crippen LogP contribution in [0.15, 0.2) is 60.7 Å². The summed E-state index contributed by atoms with van der Waals surface area (Å²) in [5.74, 6) is -11.7. The second kappa shape index (κ2) is 12.7. The summed E-state index contributed by atoms with van der Waals surface area (Å²) in [6.45, 7) is 0. The van der Waals surface area contributed by atoms with Gasteiger partial charge in [0.25, 0.3) is 0 Å². The number of aliphatic hydroxyl groups excluding tert-OH is 1. The molecule has 54 heavy (non-hydrogen) atoms. The van der Waals surface area contributed by atoms with Gasteiger partial charge in [0.05, 0.1) is 11.5 Å². The molecule has 17 heteroatoms. The highest BCUT2D eigenvalue weighted by atomic mass is 16.6. The van der Waals surface area contributed by atoms with Gasteiger partial charge in [0.15, 0.2) is 58.2 Å². The molecule has 0 aromatic heterocycles. The molecular formula is C37H30O17. The molecule has 2 aliphatic heterocycles. The molecule has 0 bridgehead atoms. The van der Waals surface area contributed by atoms with Gasteiger partial charge in [0, 0.05) is 52.4 Å². The molecule has 0 amide bonds. The van der Waals surface area contributed by atoms with Gasteiger partial charge in [0.1, 0.15) is 46.7 Å². The standard InChI is InChI=1S/C37H30O17/c38-15-8-20(42)28-26(9-15)52-35(13-4-22(44)31(48)23(45)5-13)33(50)30(28)29-21(43)11-18(40)16-10-27(53-37(51)14-6-24(46)32(49)25(47)7-14)34(54-36(16)29)12-1-2-17(39)19(41)3-12/h1-9,11,27,30,33-35,38-50H,10H2/t27-,30+,33-,34+,35-/m1/s1. The fraction of sp³-hybridized carbons (Fsp3) is 0.162. The van der Waals surface area contributed by atoms with Crippen molar-refractivity contribution in [1.29, 1.82) is 0 Å². The largest absolute Gasteiger partial charge is 0.508 e. The minimum atomic E-state index is -1.83. The van der Waals surface area contributed by atoms with Crippen molar-refractivity contribution in [2.45, 2.75) is 36.8 Å². The summed E-state index contributed by atoms with van der Waals surface area (Å²) in [7, 11) is 0. The van der Waals surface area contributed by atoms with Crippen molar-refractivity contribution in [3.8, 4) is 80.5 Å². The van der Waals surface area contributed by atoms with Crippen LogP contribution < -0.4 is 9.47 Å². The van der Waals surface area contributed by atoms with Crippen LogP contribution in [0, 0.1) is 0 Å². The average molecular weight is 747 g/mol. The lowest BCUT2D eigenvalue weighted by molar-refractivity contribution is -0.0210. The number of hydrogen-bond donors (Lipinski definition) is 13. The molecular weight excluding hydrogens is 716 g/mol. The number of carbonyl (C=O) groups is 1. The van der Waals surface area contributed by atoms with Gasteiger partial charge in [-0.05, 0) is 36.4 Å². The Balaban J connectivity index is 1.40. The Morgan fingerprint density at radius 2 is 1.17 bits per heavy atom. The molecule has 5 atom stereocenters. The van der Waals surface area contributed by atoms with Crippen molar-refractivity contribution in [3.05, 3.63) is 94.0 Å². The molecule has 0 unspecified atom stereocenters. The van der Waals surface area contributed by atoms with Gasteiger partial charge >= 0.3 is 5.97 Å². The number of fused-ring (bicyclic) bond motifs is 2. The highest BCUT2D eigenvalue weighted by molar-refractivity contribution is 5.91. The quantitative estimate of drug-likeness (QED) is 0.0901. The summed E-state index contributed by atoms with van der Waals surface area (Å²) in [6.07, 6.45) is -6.60. The fourth-order valence-electron chi connectivity index (χ4n) is 6.79. The molecule has 13 N–H and O–H groups in total. The molecule has 0 spiro atoms. The molecule has 0 saturated heterocycles. The van der Waals surface area contributed by atoms with Gasteiger partial charge < -0.3 is 80.6 Å². The van der Waals surface area contributed by atoms with Crippen LogP contribution in [-0.4, -0.2) is 84.6 Å². The van der Waals surface area contributed by atoms with Crippen LogP contribution in [0.2, 0.25) is 0 Å². The number of benzene rings is 5. The van der Waals surface area contributed by atoms with E-state index >= 15 is 0 Å². The molecule has 5 aromatic rings. The van der Waals surface area contributed by atoms with Gasteiger partial charge in [-0.25, -0.2) is 4.79 Å². The van der Waals surface area contributed by atoms with Crippen LogP contribution >= 0.6 is 0 Å². The van der Waals surface area contributed by atoms with Crippen LogP contribution in [-0.2, 0) is 11.2 Å². The fourth-order valence-corrected chi connectivity index (χ4v) is 6.79. The Hall–Kier alpha value is -7.27. The summed E-state index contributed by atoms with van der Waals surface area (Å²) in [6, 6.07) is 10.0. The molecule has 17 nitrogen and oxygen atoms in total. The summed E-state index contributed by atoms with van der Waals surface area (Å²) < 4.78 is 18.0. The minimum Gasteiger partial charge on any atom is -0.508 e. The molecule has 0 aliphatic carbocycles. The number of phenolic OH excluding ortho intramolecular Hbond substituents is 12. The number of ether oxygens (including phenoxy) is 3. The monoisotopic (exact) mass is 746 g/mol. The number of aliphatic hydroxyl groups is 1. The number of phenols is 12. The maximum absolute atomic E-state index is 13.4. The zero-order valence-corrected chi connectivity index (χ0v) is 27.3. The maximum Gasteiger partial charge on any atom is 0.338 e. The molecule has 0 radical (unpaired) electrons. The molecule has 2 aliphatic rings. The first-order chi connectivity index (χ1) is 25.5. The first-order valence-corrected chi connectivity index (χ1v) is 15.9. The first-order valence-electron chi connectivity index (χ1n) is 15.9. The van der Waals surface area contributed by atoms with Crippen molar-refractivity contribution in [3.63, 3.8) is 0 Å². The van der Waals surface area contributed by atoms with Crippen molar-refractivity contribution in [2.24, 2.45) is 0 Å². The van der Waals surface area contributed by atoms with Crippen molar-refractivity contribution >= 4 is 5.97 Å². The molecule has 280 valence electrons. The highest BCUT2D eigenvalue weighted by Crippen LogP contribution is 2.58. The maximum atomic E-state index is 13.4. The van der Waals surface area contributed by atoms with E-state index in [4.69, 9.17) is 14.2 Å². The number of rotatable bonds is 5. The Labute approximate surface area is 302 Å². The van der Waals surface area contributed by atoms with E-state index in [1.165, 1.54) is 6.07 Å². The molecule has 0 saturated carbocycles. The summed E-state index contributed by atoms with van der Waals surface area (Å²) in [5, 5.41) is 137. The Morgan fingerprint density at radius 3 is 1.80 bits per heavy atom. The van der Waals surface area contributed by atoms with Crippen LogP contribution in [0.3, 0.4) is 0 Å². The van der Waals surface area contributed by atoms with Gasteiger partial charge in [-0.2, -0.15) is 0 Å². The van der Waals surface area contributed by atoms with Crippen LogP contribution in [0.25, 0.3) is 0 Å². The lowest BCUT2D eigenvalue weighted by Gasteiger charge is -2.40. The van der Waals surface area contributed by atoms with E-state index in [0.29, 0.717) is 0 Å². The number of aromatic hydroxyl groups is 12. The van der Waals surface area contributed by atoms with E-state index in [1.807, 2.05) is 0 Å². The zero-order valence-electron chi connectivity index (χ0n) is 27.3. The van der Waals surface area contributed by atoms with E-state index < -0.39 is 117 Å². The Bertz CT molecular complexity index is 2310. The van der Waals surface area contributed by atoms with Gasteiger partial charge in [0.2, 0.25) is 0 Å². The van der Waals surface area contributed by atoms with E-state index in [1.54, 1.807) is 0 Å². The van der Waals surface area contributed by atoms with Crippen LogP contribution in [0.5, 0.6) is 80.5 Å². The predicted molar refractivity (Wildman–Crippen MR) is 180 cm³/mol.